The van der Waals surface area contributed by atoms with Crippen LogP contribution in [0.5, 0.6) is 5.75 Å². The van der Waals surface area contributed by atoms with E-state index in [0.717, 1.165) is 21.3 Å². The fourth-order valence-electron chi connectivity index (χ4n) is 4.27. The Hall–Kier alpha value is -0.280. The van der Waals surface area contributed by atoms with Gasteiger partial charge in [0.05, 0.1) is 9.79 Å². The van der Waals surface area contributed by atoms with Crippen molar-refractivity contribution in [2.45, 2.75) is 152 Å². The highest BCUT2D eigenvalue weighted by atomic mass is 32.2. The molecule has 0 saturated heterocycles. The molecule has 1 rings (SSSR count). The van der Waals surface area contributed by atoms with Gasteiger partial charge in [-0.3, -0.25) is 5.11 Å². The van der Waals surface area contributed by atoms with Crippen LogP contribution in [-0.4, -0.2) is 11.5 Å². The standard InChI is InChI=1S/C30H53OS2/c1-3-5-7-9-11-13-15-17-19-21-26-32-28-24-23-25-29(30(28)31)33-27-22-20-18-16-14-12-10-8-6-4-2/h23-25H,3-22,26-27H2,1-2H3. The van der Waals surface area contributed by atoms with Crippen molar-refractivity contribution < 1.29 is 5.11 Å². The molecule has 0 aromatic heterocycles. The molecule has 0 saturated carbocycles. The third-order valence-electron chi connectivity index (χ3n) is 6.45. The van der Waals surface area contributed by atoms with Crippen molar-refractivity contribution in [2.75, 3.05) is 11.5 Å². The van der Waals surface area contributed by atoms with Crippen LogP contribution in [0.1, 0.15) is 142 Å². The monoisotopic (exact) mass is 493 g/mol. The molecule has 1 aromatic carbocycles. The second-order valence-corrected chi connectivity index (χ2v) is 11.9. The van der Waals surface area contributed by atoms with E-state index in [-0.39, 0.29) is 5.75 Å². The maximum Gasteiger partial charge on any atom is 0.205 e. The lowest BCUT2D eigenvalue weighted by Crippen LogP contribution is -1.86. The van der Waals surface area contributed by atoms with Gasteiger partial charge in [-0.05, 0) is 36.5 Å². The van der Waals surface area contributed by atoms with Crippen LogP contribution in [0.2, 0.25) is 0 Å². The molecular formula is C30H53OS2. The first-order valence-corrected chi connectivity index (χ1v) is 16.3. The Morgan fingerprint density at radius 1 is 0.485 bits per heavy atom. The largest absolute Gasteiger partial charge is 0.287 e. The van der Waals surface area contributed by atoms with Crippen LogP contribution in [-0.2, 0) is 5.11 Å². The Morgan fingerprint density at radius 2 is 0.788 bits per heavy atom. The predicted octanol–water partition coefficient (Wildman–Crippen LogP) is 11.9. The van der Waals surface area contributed by atoms with E-state index in [1.165, 1.54) is 128 Å². The lowest BCUT2D eigenvalue weighted by molar-refractivity contribution is 0.334. The topological polar surface area (TPSA) is 19.9 Å². The molecule has 1 nitrogen and oxygen atoms in total. The van der Waals surface area contributed by atoms with Gasteiger partial charge in [-0.15, -0.1) is 23.5 Å². The molecule has 0 aliphatic rings. The summed E-state index contributed by atoms with van der Waals surface area (Å²) >= 11 is 3.54. The number of benzene rings is 1. The van der Waals surface area contributed by atoms with Gasteiger partial charge < -0.3 is 0 Å². The van der Waals surface area contributed by atoms with Crippen LogP contribution >= 0.6 is 23.5 Å². The summed E-state index contributed by atoms with van der Waals surface area (Å²) in [6, 6.07) is 6.12. The Balaban J connectivity index is 2.03. The average Bonchev–Trinajstić information content (AvgIpc) is 2.82. The van der Waals surface area contributed by atoms with Crippen LogP contribution in [0.4, 0.5) is 0 Å². The zero-order valence-corrected chi connectivity index (χ0v) is 23.6. The molecule has 0 amide bonds. The Bertz CT molecular complexity index is 502. The summed E-state index contributed by atoms with van der Waals surface area (Å²) in [6.07, 6.45) is 27.3. The highest BCUT2D eigenvalue weighted by molar-refractivity contribution is 8.00. The maximum absolute atomic E-state index is 12.8. The smallest absolute Gasteiger partial charge is 0.205 e. The van der Waals surface area contributed by atoms with Crippen LogP contribution < -0.4 is 0 Å². The third kappa shape index (κ3) is 17.8. The third-order valence-corrected chi connectivity index (χ3v) is 8.70. The van der Waals surface area contributed by atoms with Crippen molar-refractivity contribution in [3.05, 3.63) is 18.2 Å². The molecule has 3 heteroatoms. The molecular weight excluding hydrogens is 440 g/mol. The summed E-state index contributed by atoms with van der Waals surface area (Å²) in [5.74, 6) is 2.43. The summed E-state index contributed by atoms with van der Waals surface area (Å²) in [5.41, 5.74) is 0. The second-order valence-electron chi connectivity index (χ2n) is 9.64. The van der Waals surface area contributed by atoms with Crippen molar-refractivity contribution in [3.8, 4) is 5.75 Å². The minimum atomic E-state index is 0.270. The van der Waals surface area contributed by atoms with E-state index in [4.69, 9.17) is 0 Å². The van der Waals surface area contributed by atoms with E-state index >= 15 is 0 Å². The number of hydrogen-bond acceptors (Lipinski definition) is 2. The van der Waals surface area contributed by atoms with Gasteiger partial charge in [0.15, 0.2) is 0 Å². The van der Waals surface area contributed by atoms with E-state index in [2.05, 4.69) is 19.9 Å². The number of thioether (sulfide) groups is 2. The van der Waals surface area contributed by atoms with Crippen LogP contribution in [0.25, 0.3) is 0 Å². The minimum absolute atomic E-state index is 0.270. The van der Waals surface area contributed by atoms with Gasteiger partial charge in [-0.1, -0.05) is 135 Å². The molecule has 0 fully saturated rings. The molecule has 0 atom stereocenters. The van der Waals surface area contributed by atoms with Crippen molar-refractivity contribution >= 4 is 23.5 Å². The van der Waals surface area contributed by atoms with Crippen molar-refractivity contribution in [3.63, 3.8) is 0 Å². The summed E-state index contributed by atoms with van der Waals surface area (Å²) in [5, 5.41) is 12.8. The van der Waals surface area contributed by atoms with Crippen LogP contribution in [0.15, 0.2) is 28.0 Å². The molecule has 0 unspecified atom stereocenters. The molecule has 33 heavy (non-hydrogen) atoms. The van der Waals surface area contributed by atoms with Crippen LogP contribution in [0.3, 0.4) is 0 Å². The van der Waals surface area contributed by atoms with Gasteiger partial charge >= 0.3 is 0 Å². The van der Waals surface area contributed by atoms with Crippen molar-refractivity contribution in [1.82, 2.24) is 0 Å². The van der Waals surface area contributed by atoms with E-state index in [1.54, 1.807) is 23.5 Å². The first kappa shape index (κ1) is 30.8. The predicted molar refractivity (Wildman–Crippen MR) is 152 cm³/mol. The molecule has 1 radical (unpaired) electrons. The normalized spacial score (nSPS) is 11.3. The van der Waals surface area contributed by atoms with Crippen molar-refractivity contribution in [1.29, 1.82) is 0 Å². The number of unbranched alkanes of at least 4 members (excludes halogenated alkanes) is 18. The zero-order chi connectivity index (χ0) is 23.8. The first-order valence-electron chi connectivity index (χ1n) is 14.3. The average molecular weight is 494 g/mol. The van der Waals surface area contributed by atoms with E-state index in [9.17, 15) is 5.11 Å². The molecule has 0 heterocycles. The van der Waals surface area contributed by atoms with Gasteiger partial charge in [-0.2, -0.15) is 0 Å². The van der Waals surface area contributed by atoms with Gasteiger partial charge in [-0.25, -0.2) is 0 Å². The molecule has 191 valence electrons. The van der Waals surface area contributed by atoms with Gasteiger partial charge in [0.1, 0.15) is 0 Å². The van der Waals surface area contributed by atoms with Gasteiger partial charge in [0.2, 0.25) is 5.75 Å². The highest BCUT2D eigenvalue weighted by Gasteiger charge is 2.10. The maximum atomic E-state index is 12.8. The fraction of sp³-hybridized carbons (Fsp3) is 0.800. The molecule has 0 N–H and O–H groups in total. The Morgan fingerprint density at radius 3 is 1.12 bits per heavy atom. The molecule has 0 spiro atoms. The first-order chi connectivity index (χ1) is 16.3. The second kappa shape index (κ2) is 23.5. The number of hydrogen-bond donors (Lipinski definition) is 0. The summed E-state index contributed by atoms with van der Waals surface area (Å²) in [4.78, 5) is 1.91. The minimum Gasteiger partial charge on any atom is -0.287 e. The van der Waals surface area contributed by atoms with Crippen molar-refractivity contribution in [2.24, 2.45) is 0 Å². The molecule has 0 aliphatic heterocycles. The SMILES string of the molecule is CCCCCCCCCCCCSc1cccc(SCCCCCCCCCCCC)c1[O]. The lowest BCUT2D eigenvalue weighted by atomic mass is 10.1. The van der Waals surface area contributed by atoms with E-state index in [1.807, 2.05) is 12.1 Å². The summed E-state index contributed by atoms with van der Waals surface area (Å²) in [7, 11) is 0. The highest BCUT2D eigenvalue weighted by Crippen LogP contribution is 2.38. The summed E-state index contributed by atoms with van der Waals surface area (Å²) in [6.45, 7) is 4.56. The van der Waals surface area contributed by atoms with E-state index < -0.39 is 0 Å². The molecule has 1 aromatic rings. The zero-order valence-electron chi connectivity index (χ0n) is 22.0. The molecule has 0 bridgehead atoms. The van der Waals surface area contributed by atoms with Gasteiger partial charge in [0.25, 0.3) is 0 Å². The fourth-order valence-corrected chi connectivity index (χ4v) is 6.30. The van der Waals surface area contributed by atoms with Crippen LogP contribution in [0, 0.1) is 0 Å². The van der Waals surface area contributed by atoms with E-state index in [0.29, 0.717) is 0 Å². The van der Waals surface area contributed by atoms with Gasteiger partial charge in [0, 0.05) is 0 Å². The summed E-state index contributed by atoms with van der Waals surface area (Å²) < 4.78 is 0. The number of rotatable bonds is 24. The quantitative estimate of drug-likeness (QED) is 0.105. The number of para-hydroxylation sites is 1. The Kier molecular flexibility index (Phi) is 21.9. The molecule has 0 aliphatic carbocycles. The lowest BCUT2D eigenvalue weighted by Gasteiger charge is -2.08. The Labute approximate surface area is 215 Å².